The Kier molecular flexibility index (Phi) is 3.96. The van der Waals surface area contributed by atoms with Crippen LogP contribution in [0.15, 0.2) is 0 Å². The summed E-state index contributed by atoms with van der Waals surface area (Å²) in [5.41, 5.74) is 0. The van der Waals surface area contributed by atoms with Gasteiger partial charge in [0.05, 0.1) is 12.2 Å². The number of hydroxylamine groups is 2. The van der Waals surface area contributed by atoms with Gasteiger partial charge in [0, 0.05) is 26.4 Å². The lowest BCUT2D eigenvalue weighted by atomic mass is 10.0. The van der Waals surface area contributed by atoms with Crippen LogP contribution in [0.5, 0.6) is 0 Å². The molecule has 18 heavy (non-hydrogen) atoms. The van der Waals surface area contributed by atoms with E-state index in [-0.39, 0.29) is 24.7 Å². The van der Waals surface area contributed by atoms with Gasteiger partial charge in [0.2, 0.25) is 6.29 Å². The zero-order chi connectivity index (χ0) is 13.3. The molecule has 7 heteroatoms. The van der Waals surface area contributed by atoms with Crippen LogP contribution in [0.2, 0.25) is 0 Å². The Bertz CT molecular complexity index is 330. The van der Waals surface area contributed by atoms with E-state index in [4.69, 9.17) is 14.3 Å². The van der Waals surface area contributed by atoms with Crippen LogP contribution in [0.25, 0.3) is 0 Å². The number of methoxy groups -OCH3 is 1. The van der Waals surface area contributed by atoms with Gasteiger partial charge in [0.25, 0.3) is 11.8 Å². The molecule has 0 spiro atoms. The fourth-order valence-corrected chi connectivity index (χ4v) is 2.01. The summed E-state index contributed by atoms with van der Waals surface area (Å²) < 4.78 is 10.6. The number of carbonyl (C=O) groups is 2. The first-order valence-electron chi connectivity index (χ1n) is 5.91. The van der Waals surface area contributed by atoms with Crippen molar-refractivity contribution in [3.05, 3.63) is 0 Å². The predicted molar refractivity (Wildman–Crippen MR) is 57.9 cm³/mol. The number of nitrogens with zero attached hydrogens (tertiary/aromatic N) is 1. The molecular weight excluding hydrogens is 242 g/mol. The molecule has 2 rings (SSSR count). The molecule has 0 aromatic heterocycles. The fourth-order valence-electron chi connectivity index (χ4n) is 2.01. The molecule has 0 aromatic rings. The number of aliphatic hydroxyl groups excluding tert-OH is 1. The molecule has 4 atom stereocenters. The van der Waals surface area contributed by atoms with Crippen molar-refractivity contribution in [2.24, 2.45) is 0 Å². The molecule has 102 valence electrons. The molecule has 2 amide bonds. The molecule has 2 fully saturated rings. The van der Waals surface area contributed by atoms with Crippen LogP contribution < -0.4 is 0 Å². The number of ether oxygens (including phenoxy) is 2. The van der Waals surface area contributed by atoms with Gasteiger partial charge in [-0.1, -0.05) is 0 Å². The summed E-state index contributed by atoms with van der Waals surface area (Å²) in [5, 5.41) is 10.4. The third kappa shape index (κ3) is 2.54. The molecule has 2 aliphatic heterocycles. The highest BCUT2D eigenvalue weighted by molar-refractivity contribution is 6.00. The second-order valence-corrected chi connectivity index (χ2v) is 4.47. The van der Waals surface area contributed by atoms with Crippen molar-refractivity contribution in [3.63, 3.8) is 0 Å². The molecule has 2 saturated heterocycles. The van der Waals surface area contributed by atoms with Crippen LogP contribution >= 0.6 is 0 Å². The first kappa shape index (κ1) is 13.4. The summed E-state index contributed by atoms with van der Waals surface area (Å²) >= 11 is 0. The maximum absolute atomic E-state index is 11.4. The van der Waals surface area contributed by atoms with Crippen molar-refractivity contribution in [3.8, 4) is 0 Å². The topological polar surface area (TPSA) is 85.3 Å². The summed E-state index contributed by atoms with van der Waals surface area (Å²) in [6, 6.07) is 0. The van der Waals surface area contributed by atoms with Gasteiger partial charge in [-0.3, -0.25) is 9.59 Å². The van der Waals surface area contributed by atoms with Crippen LogP contribution in [-0.4, -0.2) is 53.7 Å². The Morgan fingerprint density at radius 1 is 1.33 bits per heavy atom. The Morgan fingerprint density at radius 2 is 1.94 bits per heavy atom. The summed E-state index contributed by atoms with van der Waals surface area (Å²) in [6.07, 6.45) is -1.83. The monoisotopic (exact) mass is 259 g/mol. The van der Waals surface area contributed by atoms with Crippen LogP contribution in [0.3, 0.4) is 0 Å². The minimum absolute atomic E-state index is 0.154. The van der Waals surface area contributed by atoms with E-state index in [1.165, 1.54) is 7.11 Å². The first-order valence-corrected chi connectivity index (χ1v) is 5.91. The molecule has 0 saturated carbocycles. The Morgan fingerprint density at radius 3 is 2.50 bits per heavy atom. The van der Waals surface area contributed by atoms with Crippen molar-refractivity contribution in [2.45, 2.75) is 50.8 Å². The van der Waals surface area contributed by atoms with Crippen LogP contribution in [-0.2, 0) is 23.9 Å². The standard InChI is InChI=1S/C11H17NO6/c1-6-7(13)5-8(16-2)11(17-6)18-12-9(14)3-4-10(12)15/h6-8,11,13H,3-5H2,1-2H3/t6-,7?,8+,11?/m0/s1. The molecular formula is C11H17NO6. The minimum atomic E-state index is -0.862. The maximum Gasteiger partial charge on any atom is 0.254 e. The molecule has 0 aromatic carbocycles. The summed E-state index contributed by atoms with van der Waals surface area (Å²) in [5.74, 6) is -0.755. The Hall–Kier alpha value is -1.02. The van der Waals surface area contributed by atoms with Gasteiger partial charge in [-0.05, 0) is 6.92 Å². The summed E-state index contributed by atoms with van der Waals surface area (Å²) in [6.45, 7) is 1.69. The van der Waals surface area contributed by atoms with Crippen molar-refractivity contribution < 1.29 is 29.0 Å². The van der Waals surface area contributed by atoms with Crippen molar-refractivity contribution in [1.29, 1.82) is 0 Å². The minimum Gasteiger partial charge on any atom is -0.390 e. The van der Waals surface area contributed by atoms with Crippen LogP contribution in [0.4, 0.5) is 0 Å². The van der Waals surface area contributed by atoms with E-state index in [2.05, 4.69) is 0 Å². The molecule has 2 aliphatic rings. The predicted octanol–water partition coefficient (Wildman–Crippen LogP) is -0.422. The number of aliphatic hydroxyl groups is 1. The largest absolute Gasteiger partial charge is 0.390 e. The number of rotatable bonds is 3. The number of carbonyl (C=O) groups excluding carboxylic acids is 2. The molecule has 1 N–H and O–H groups in total. The molecule has 2 heterocycles. The highest BCUT2D eigenvalue weighted by Gasteiger charge is 2.41. The van der Waals surface area contributed by atoms with E-state index in [1.54, 1.807) is 6.92 Å². The zero-order valence-corrected chi connectivity index (χ0v) is 10.4. The second-order valence-electron chi connectivity index (χ2n) is 4.47. The average molecular weight is 259 g/mol. The van der Waals surface area contributed by atoms with Gasteiger partial charge in [-0.25, -0.2) is 4.84 Å². The maximum atomic E-state index is 11.4. The van der Waals surface area contributed by atoms with Gasteiger partial charge in [-0.2, -0.15) is 5.06 Å². The van der Waals surface area contributed by atoms with Crippen LogP contribution in [0, 0.1) is 0 Å². The highest BCUT2D eigenvalue weighted by Crippen LogP contribution is 2.25. The highest BCUT2D eigenvalue weighted by atomic mass is 16.8. The number of hydrogen-bond acceptors (Lipinski definition) is 6. The number of amides is 2. The van der Waals surface area contributed by atoms with Gasteiger partial charge in [0.1, 0.15) is 6.10 Å². The van der Waals surface area contributed by atoms with Gasteiger partial charge >= 0.3 is 0 Å². The summed E-state index contributed by atoms with van der Waals surface area (Å²) in [7, 11) is 1.46. The quantitative estimate of drug-likeness (QED) is 0.693. The SMILES string of the molecule is CO[C@@H]1CC(O)[C@H](C)OC1ON1C(=O)CCC1=O. The molecule has 0 aliphatic carbocycles. The van der Waals surface area contributed by atoms with Crippen molar-refractivity contribution in [2.75, 3.05) is 7.11 Å². The zero-order valence-electron chi connectivity index (χ0n) is 10.4. The molecule has 0 bridgehead atoms. The third-order valence-corrected chi connectivity index (χ3v) is 3.19. The van der Waals surface area contributed by atoms with Crippen molar-refractivity contribution in [1.82, 2.24) is 5.06 Å². The van der Waals surface area contributed by atoms with E-state index in [0.717, 1.165) is 5.06 Å². The second kappa shape index (κ2) is 5.31. The summed E-state index contributed by atoms with van der Waals surface area (Å²) in [4.78, 5) is 28.1. The molecule has 2 unspecified atom stereocenters. The molecule has 7 nitrogen and oxygen atoms in total. The van der Waals surface area contributed by atoms with E-state index in [9.17, 15) is 14.7 Å². The smallest absolute Gasteiger partial charge is 0.254 e. The number of hydrogen-bond donors (Lipinski definition) is 1. The average Bonchev–Trinajstić information content (AvgIpc) is 2.65. The first-order chi connectivity index (χ1) is 8.52. The molecule has 0 radical (unpaired) electrons. The van der Waals surface area contributed by atoms with E-state index < -0.39 is 24.6 Å². The van der Waals surface area contributed by atoms with E-state index in [1.807, 2.05) is 0 Å². The fraction of sp³-hybridized carbons (Fsp3) is 0.818. The normalized spacial score (nSPS) is 37.4. The number of imide groups is 1. The van der Waals surface area contributed by atoms with Crippen molar-refractivity contribution >= 4 is 11.8 Å². The Labute approximate surface area is 105 Å². The lowest BCUT2D eigenvalue weighted by Crippen LogP contribution is -2.51. The lowest BCUT2D eigenvalue weighted by Gasteiger charge is -2.37. The third-order valence-electron chi connectivity index (χ3n) is 3.19. The van der Waals surface area contributed by atoms with Gasteiger partial charge < -0.3 is 14.6 Å². The van der Waals surface area contributed by atoms with Gasteiger partial charge in [-0.15, -0.1) is 0 Å². The lowest BCUT2D eigenvalue weighted by molar-refractivity contribution is -0.322. The van der Waals surface area contributed by atoms with Crippen LogP contribution in [0.1, 0.15) is 26.2 Å². The Balaban J connectivity index is 2.02. The van der Waals surface area contributed by atoms with E-state index in [0.29, 0.717) is 6.42 Å². The van der Waals surface area contributed by atoms with Gasteiger partial charge in [0.15, 0.2) is 0 Å². The van der Waals surface area contributed by atoms with E-state index >= 15 is 0 Å².